The summed E-state index contributed by atoms with van der Waals surface area (Å²) in [4.78, 5) is 23.1. The highest BCUT2D eigenvalue weighted by molar-refractivity contribution is 5.90. The zero-order chi connectivity index (χ0) is 16.3. The highest BCUT2D eigenvalue weighted by Gasteiger charge is 2.23. The third-order valence-electron chi connectivity index (χ3n) is 3.49. The van der Waals surface area contributed by atoms with Crippen LogP contribution >= 0.6 is 0 Å². The van der Waals surface area contributed by atoms with Gasteiger partial charge in [-0.15, -0.1) is 0 Å². The van der Waals surface area contributed by atoms with Crippen molar-refractivity contribution in [1.29, 1.82) is 0 Å². The number of hydrogen-bond acceptors (Lipinski definition) is 6. The van der Waals surface area contributed by atoms with Gasteiger partial charge in [0.25, 0.3) is 0 Å². The van der Waals surface area contributed by atoms with E-state index in [0.29, 0.717) is 11.1 Å². The number of carbonyl (C=O) groups is 2. The number of aromatic hydroxyl groups is 1. The number of carbonyl (C=O) groups excluding carboxylic acids is 2. The molecule has 0 atom stereocenters. The van der Waals surface area contributed by atoms with Gasteiger partial charge in [0.1, 0.15) is 0 Å². The molecule has 1 aromatic heterocycles. The smallest absolute Gasteiger partial charge is 0.307 e. The molecular weight excluding hydrogens is 288 g/mol. The summed E-state index contributed by atoms with van der Waals surface area (Å²) in [6.07, 6.45) is 1.53. The number of ether oxygens (including phenoxy) is 2. The highest BCUT2D eigenvalue weighted by Crippen LogP contribution is 2.33. The van der Waals surface area contributed by atoms with Gasteiger partial charge in [0.2, 0.25) is 0 Å². The molecule has 1 heterocycles. The second-order valence-corrected chi connectivity index (χ2v) is 4.92. The quantitative estimate of drug-likeness (QED) is 0.642. The van der Waals surface area contributed by atoms with Crippen molar-refractivity contribution in [1.82, 2.24) is 4.57 Å². The summed E-state index contributed by atoms with van der Waals surface area (Å²) in [5, 5.41) is 11.7. The largest absolute Gasteiger partial charge is 0.494 e. The minimum absolute atomic E-state index is 0.0344. The first-order valence-corrected chi connectivity index (χ1v) is 6.69. The van der Waals surface area contributed by atoms with Crippen LogP contribution in [0.1, 0.15) is 18.9 Å². The number of nitrogen functional groups attached to an aromatic ring is 1. The SMILES string of the molecule is COC(=O)CC(CC(=O)OC)n1cc2cc(N)ccc2c1O. The van der Waals surface area contributed by atoms with E-state index in [1.165, 1.54) is 18.8 Å². The molecule has 7 nitrogen and oxygen atoms in total. The Morgan fingerprint density at radius 2 is 1.82 bits per heavy atom. The van der Waals surface area contributed by atoms with E-state index >= 15 is 0 Å². The van der Waals surface area contributed by atoms with Gasteiger partial charge in [0, 0.05) is 22.7 Å². The maximum Gasteiger partial charge on any atom is 0.307 e. The zero-order valence-electron chi connectivity index (χ0n) is 12.4. The molecule has 0 aliphatic rings. The van der Waals surface area contributed by atoms with Crippen molar-refractivity contribution in [2.24, 2.45) is 0 Å². The Labute approximate surface area is 127 Å². The topological polar surface area (TPSA) is 104 Å². The van der Waals surface area contributed by atoms with E-state index in [9.17, 15) is 14.7 Å². The first-order chi connectivity index (χ1) is 10.5. The van der Waals surface area contributed by atoms with Crippen molar-refractivity contribution in [2.45, 2.75) is 18.9 Å². The Balaban J connectivity index is 2.43. The lowest BCUT2D eigenvalue weighted by atomic mass is 10.1. The molecule has 0 amide bonds. The van der Waals surface area contributed by atoms with Gasteiger partial charge < -0.3 is 24.9 Å². The first-order valence-electron chi connectivity index (χ1n) is 6.69. The number of rotatable bonds is 5. The predicted octanol–water partition coefficient (Wildman–Crippen LogP) is 1.60. The van der Waals surface area contributed by atoms with Gasteiger partial charge in [-0.05, 0) is 18.2 Å². The molecule has 0 fully saturated rings. The Morgan fingerprint density at radius 3 is 2.36 bits per heavy atom. The summed E-state index contributed by atoms with van der Waals surface area (Å²) in [7, 11) is 2.54. The van der Waals surface area contributed by atoms with E-state index in [1.54, 1.807) is 24.4 Å². The Bertz CT molecular complexity index is 689. The molecule has 0 saturated heterocycles. The van der Waals surface area contributed by atoms with Gasteiger partial charge in [-0.1, -0.05) is 0 Å². The van der Waals surface area contributed by atoms with Crippen molar-refractivity contribution in [3.05, 3.63) is 24.4 Å². The van der Waals surface area contributed by atoms with Gasteiger partial charge >= 0.3 is 11.9 Å². The van der Waals surface area contributed by atoms with E-state index in [1.807, 2.05) is 0 Å². The Kier molecular flexibility index (Phi) is 4.55. The Morgan fingerprint density at radius 1 is 1.23 bits per heavy atom. The number of anilines is 1. The fraction of sp³-hybridized carbons (Fsp3) is 0.333. The summed E-state index contributed by atoms with van der Waals surface area (Å²) >= 11 is 0. The maximum absolute atomic E-state index is 11.6. The molecule has 0 unspecified atom stereocenters. The van der Waals surface area contributed by atoms with Crippen LogP contribution in [0.5, 0.6) is 5.88 Å². The molecule has 3 N–H and O–H groups in total. The van der Waals surface area contributed by atoms with Gasteiger partial charge in [-0.3, -0.25) is 9.59 Å². The molecule has 22 heavy (non-hydrogen) atoms. The predicted molar refractivity (Wildman–Crippen MR) is 80.3 cm³/mol. The van der Waals surface area contributed by atoms with Crippen molar-refractivity contribution in [3.8, 4) is 5.88 Å². The minimum Gasteiger partial charge on any atom is -0.494 e. The lowest BCUT2D eigenvalue weighted by Gasteiger charge is -2.17. The van der Waals surface area contributed by atoms with E-state index in [-0.39, 0.29) is 18.7 Å². The minimum atomic E-state index is -0.603. The van der Waals surface area contributed by atoms with Crippen LogP contribution in [0, 0.1) is 0 Å². The van der Waals surface area contributed by atoms with Crippen LogP contribution in [0.25, 0.3) is 10.8 Å². The van der Waals surface area contributed by atoms with Crippen LogP contribution in [0.4, 0.5) is 5.69 Å². The molecule has 2 aromatic rings. The summed E-state index contributed by atoms with van der Waals surface area (Å²) in [6, 6.07) is 4.46. The van der Waals surface area contributed by atoms with Crippen molar-refractivity contribution in [3.63, 3.8) is 0 Å². The molecule has 118 valence electrons. The molecule has 0 aliphatic heterocycles. The van der Waals surface area contributed by atoms with Crippen LogP contribution < -0.4 is 5.73 Å². The summed E-state index contributed by atoms with van der Waals surface area (Å²) < 4.78 is 10.8. The van der Waals surface area contributed by atoms with Crippen molar-refractivity contribution < 1.29 is 24.2 Å². The fourth-order valence-electron chi connectivity index (χ4n) is 2.34. The number of nitrogens with two attached hydrogens (primary N) is 1. The molecule has 2 rings (SSSR count). The number of methoxy groups -OCH3 is 2. The number of esters is 2. The van der Waals surface area contributed by atoms with E-state index in [0.717, 1.165) is 5.39 Å². The standard InChI is InChI=1S/C15H18N2O5/c1-21-13(18)6-11(7-14(19)22-2)17-8-9-5-10(16)3-4-12(9)15(17)20/h3-5,8,11,20H,6-7,16H2,1-2H3. The van der Waals surface area contributed by atoms with Crippen LogP contribution in [0.3, 0.4) is 0 Å². The molecule has 7 heteroatoms. The lowest BCUT2D eigenvalue weighted by Crippen LogP contribution is -2.18. The molecule has 0 saturated carbocycles. The average Bonchev–Trinajstić information content (AvgIpc) is 2.82. The number of benzene rings is 1. The second-order valence-electron chi connectivity index (χ2n) is 4.92. The second kappa shape index (κ2) is 6.38. The highest BCUT2D eigenvalue weighted by atomic mass is 16.5. The number of hydrogen-bond donors (Lipinski definition) is 2. The average molecular weight is 306 g/mol. The van der Waals surface area contributed by atoms with Crippen molar-refractivity contribution >= 4 is 28.4 Å². The summed E-state index contributed by atoms with van der Waals surface area (Å²) in [6.45, 7) is 0. The van der Waals surface area contributed by atoms with E-state index in [2.05, 4.69) is 9.47 Å². The number of nitrogens with zero attached hydrogens (tertiary/aromatic N) is 1. The zero-order valence-corrected chi connectivity index (χ0v) is 12.4. The van der Waals surface area contributed by atoms with Crippen molar-refractivity contribution in [2.75, 3.05) is 20.0 Å². The van der Waals surface area contributed by atoms with Crippen LogP contribution in [-0.2, 0) is 19.1 Å². The number of fused-ring (bicyclic) bond motifs is 1. The van der Waals surface area contributed by atoms with Gasteiger partial charge in [-0.2, -0.15) is 0 Å². The van der Waals surface area contributed by atoms with Crippen LogP contribution in [-0.4, -0.2) is 35.8 Å². The monoisotopic (exact) mass is 306 g/mol. The summed E-state index contributed by atoms with van der Waals surface area (Å²) in [5.41, 5.74) is 6.28. The number of aromatic nitrogens is 1. The normalized spacial score (nSPS) is 10.9. The van der Waals surface area contributed by atoms with Gasteiger partial charge in [0.05, 0.1) is 33.1 Å². The maximum atomic E-state index is 11.6. The molecule has 1 aromatic carbocycles. The molecular formula is C15H18N2O5. The first kappa shape index (κ1) is 15.7. The third-order valence-corrected chi connectivity index (χ3v) is 3.49. The summed E-state index contributed by atoms with van der Waals surface area (Å²) in [5.74, 6) is -0.996. The lowest BCUT2D eigenvalue weighted by molar-refractivity contribution is -0.144. The molecule has 0 radical (unpaired) electrons. The van der Waals surface area contributed by atoms with Gasteiger partial charge in [-0.25, -0.2) is 0 Å². The Hall–Kier alpha value is -2.70. The molecule has 0 spiro atoms. The molecule has 0 bridgehead atoms. The van der Waals surface area contributed by atoms with Gasteiger partial charge in [0.15, 0.2) is 5.88 Å². The fourth-order valence-corrected chi connectivity index (χ4v) is 2.34. The van der Waals surface area contributed by atoms with Crippen LogP contribution in [0.2, 0.25) is 0 Å². The van der Waals surface area contributed by atoms with E-state index in [4.69, 9.17) is 5.73 Å². The molecule has 0 aliphatic carbocycles. The van der Waals surface area contributed by atoms with Crippen LogP contribution in [0.15, 0.2) is 24.4 Å². The third kappa shape index (κ3) is 3.13. The van der Waals surface area contributed by atoms with E-state index < -0.39 is 18.0 Å².